The highest BCUT2D eigenvalue weighted by molar-refractivity contribution is 9.10. The lowest BCUT2D eigenvalue weighted by atomic mass is 10.0. The first-order chi connectivity index (χ1) is 9.44. The van der Waals surface area contributed by atoms with Gasteiger partial charge in [0.1, 0.15) is 5.82 Å². The highest BCUT2D eigenvalue weighted by Crippen LogP contribution is 2.28. The van der Waals surface area contributed by atoms with Crippen LogP contribution in [0.1, 0.15) is 25.7 Å². The SMILES string of the molecule is Cl.O=S(=O)(NC1CC2CCC(C1)N2)c1ccc(F)c(Br)c1. The molecule has 1 aromatic carbocycles. The van der Waals surface area contributed by atoms with Gasteiger partial charge in [0, 0.05) is 18.1 Å². The number of sulfonamides is 1. The van der Waals surface area contributed by atoms with Gasteiger partial charge in [-0.1, -0.05) is 0 Å². The zero-order chi connectivity index (χ0) is 14.3. The van der Waals surface area contributed by atoms with Gasteiger partial charge in [-0.05, 0) is 59.8 Å². The fourth-order valence-electron chi connectivity index (χ4n) is 3.08. The molecule has 2 fully saturated rings. The summed E-state index contributed by atoms with van der Waals surface area (Å²) in [6, 6.07) is 4.54. The zero-order valence-electron chi connectivity index (χ0n) is 11.2. The van der Waals surface area contributed by atoms with Crippen molar-refractivity contribution in [3.05, 3.63) is 28.5 Å². The van der Waals surface area contributed by atoms with Crippen molar-refractivity contribution in [1.29, 1.82) is 0 Å². The van der Waals surface area contributed by atoms with Crippen molar-refractivity contribution < 1.29 is 12.8 Å². The van der Waals surface area contributed by atoms with Crippen LogP contribution in [-0.4, -0.2) is 26.5 Å². The van der Waals surface area contributed by atoms with Crippen molar-refractivity contribution in [3.63, 3.8) is 0 Å². The predicted molar refractivity (Wildman–Crippen MR) is 84.6 cm³/mol. The van der Waals surface area contributed by atoms with Crippen molar-refractivity contribution in [3.8, 4) is 0 Å². The van der Waals surface area contributed by atoms with Crippen molar-refractivity contribution in [2.45, 2.75) is 48.7 Å². The van der Waals surface area contributed by atoms with Gasteiger partial charge >= 0.3 is 0 Å². The number of halogens is 3. The number of piperidine rings is 1. The molecule has 3 rings (SSSR count). The normalized spacial score (nSPS) is 28.2. The molecule has 2 aliphatic rings. The summed E-state index contributed by atoms with van der Waals surface area (Å²) < 4.78 is 40.7. The summed E-state index contributed by atoms with van der Waals surface area (Å²) in [6.07, 6.45) is 3.87. The van der Waals surface area contributed by atoms with Gasteiger partial charge in [0.05, 0.1) is 9.37 Å². The standard InChI is InChI=1S/C13H16BrFN2O2S.ClH/c14-12-7-11(3-4-13(12)15)20(18,19)17-10-5-8-1-2-9(6-10)16-8;/h3-4,7-10,16-17H,1-2,5-6H2;1H. The summed E-state index contributed by atoms with van der Waals surface area (Å²) >= 11 is 3.02. The minimum Gasteiger partial charge on any atom is -0.311 e. The maximum atomic E-state index is 13.2. The maximum Gasteiger partial charge on any atom is 0.240 e. The van der Waals surface area contributed by atoms with E-state index in [1.807, 2.05) is 0 Å². The molecule has 0 spiro atoms. The summed E-state index contributed by atoms with van der Waals surface area (Å²) in [7, 11) is -3.59. The summed E-state index contributed by atoms with van der Waals surface area (Å²) in [6.45, 7) is 0. The van der Waals surface area contributed by atoms with Crippen LogP contribution in [0.4, 0.5) is 4.39 Å². The Morgan fingerprint density at radius 2 is 1.86 bits per heavy atom. The van der Waals surface area contributed by atoms with E-state index in [0.717, 1.165) is 31.7 Å². The second-order valence-electron chi connectivity index (χ2n) is 5.50. The Bertz CT molecular complexity index is 617. The monoisotopic (exact) mass is 398 g/mol. The molecule has 2 atom stereocenters. The number of hydrogen-bond acceptors (Lipinski definition) is 3. The minimum absolute atomic E-state index is 0. The van der Waals surface area contributed by atoms with Crippen LogP contribution >= 0.6 is 28.3 Å². The lowest BCUT2D eigenvalue weighted by Crippen LogP contribution is -2.47. The molecule has 2 heterocycles. The van der Waals surface area contributed by atoms with Gasteiger partial charge < -0.3 is 5.32 Å². The molecule has 0 aliphatic carbocycles. The zero-order valence-corrected chi connectivity index (χ0v) is 14.4. The highest BCUT2D eigenvalue weighted by Gasteiger charge is 2.35. The molecule has 118 valence electrons. The van der Waals surface area contributed by atoms with E-state index in [1.165, 1.54) is 12.1 Å². The lowest BCUT2D eigenvalue weighted by Gasteiger charge is -2.29. The number of fused-ring (bicyclic) bond motifs is 2. The Balaban J connectivity index is 0.00000161. The Morgan fingerprint density at radius 3 is 2.43 bits per heavy atom. The third kappa shape index (κ3) is 3.76. The molecule has 0 amide bonds. The van der Waals surface area contributed by atoms with Crippen LogP contribution in [-0.2, 0) is 10.0 Å². The Labute approximate surface area is 138 Å². The van der Waals surface area contributed by atoms with E-state index in [9.17, 15) is 12.8 Å². The average Bonchev–Trinajstić information content (AvgIpc) is 2.71. The van der Waals surface area contributed by atoms with Crippen LogP contribution in [0.25, 0.3) is 0 Å². The molecule has 2 saturated heterocycles. The van der Waals surface area contributed by atoms with Gasteiger partial charge in [0.2, 0.25) is 10.0 Å². The van der Waals surface area contributed by atoms with E-state index in [1.54, 1.807) is 0 Å². The molecule has 2 aliphatic heterocycles. The van der Waals surface area contributed by atoms with Crippen molar-refractivity contribution >= 4 is 38.4 Å². The van der Waals surface area contributed by atoms with Crippen molar-refractivity contribution in [2.75, 3.05) is 0 Å². The van der Waals surface area contributed by atoms with Gasteiger partial charge in [-0.15, -0.1) is 12.4 Å². The van der Waals surface area contributed by atoms with E-state index in [-0.39, 0.29) is 27.8 Å². The van der Waals surface area contributed by atoms with Crippen LogP contribution in [0.3, 0.4) is 0 Å². The lowest BCUT2D eigenvalue weighted by molar-refractivity contribution is 0.345. The first kappa shape index (κ1) is 17.1. The van der Waals surface area contributed by atoms with E-state index in [2.05, 4.69) is 26.0 Å². The quantitative estimate of drug-likeness (QED) is 0.821. The minimum atomic E-state index is -3.59. The molecule has 2 unspecified atom stereocenters. The molecule has 4 nitrogen and oxygen atoms in total. The summed E-state index contributed by atoms with van der Waals surface area (Å²) in [5, 5.41) is 3.47. The second kappa shape index (κ2) is 6.50. The van der Waals surface area contributed by atoms with Gasteiger partial charge in [0.15, 0.2) is 0 Å². The number of nitrogens with one attached hydrogen (secondary N) is 2. The summed E-state index contributed by atoms with van der Waals surface area (Å²) in [4.78, 5) is 0.0941. The van der Waals surface area contributed by atoms with Crippen molar-refractivity contribution in [1.82, 2.24) is 10.0 Å². The van der Waals surface area contributed by atoms with Gasteiger partial charge in [-0.3, -0.25) is 0 Å². The molecular formula is C13H17BrClFN2O2S. The molecule has 1 aromatic rings. The number of hydrogen-bond donors (Lipinski definition) is 2. The smallest absolute Gasteiger partial charge is 0.240 e. The fraction of sp³-hybridized carbons (Fsp3) is 0.538. The molecule has 2 bridgehead atoms. The van der Waals surface area contributed by atoms with Crippen molar-refractivity contribution in [2.24, 2.45) is 0 Å². The Morgan fingerprint density at radius 1 is 1.24 bits per heavy atom. The van der Waals surface area contributed by atoms with Gasteiger partial charge in [-0.25, -0.2) is 17.5 Å². The predicted octanol–water partition coefficient (Wildman–Crippen LogP) is 2.57. The summed E-state index contributed by atoms with van der Waals surface area (Å²) in [5.41, 5.74) is 0. The molecule has 21 heavy (non-hydrogen) atoms. The van der Waals surface area contributed by atoms with E-state index >= 15 is 0 Å². The van der Waals surface area contributed by atoms with Crippen LogP contribution in [0.15, 0.2) is 27.6 Å². The fourth-order valence-corrected chi connectivity index (χ4v) is 4.90. The van der Waals surface area contributed by atoms with E-state index in [4.69, 9.17) is 0 Å². The largest absolute Gasteiger partial charge is 0.311 e. The molecule has 2 N–H and O–H groups in total. The Kier molecular flexibility index (Phi) is 5.31. The first-order valence-electron chi connectivity index (χ1n) is 6.67. The molecule has 0 aromatic heterocycles. The Hall–Kier alpha value is -0.210. The highest BCUT2D eigenvalue weighted by atomic mass is 79.9. The third-order valence-corrected chi connectivity index (χ3v) is 6.12. The van der Waals surface area contributed by atoms with E-state index < -0.39 is 15.8 Å². The first-order valence-corrected chi connectivity index (χ1v) is 8.95. The molecule has 0 radical (unpaired) electrons. The van der Waals surface area contributed by atoms with Crippen LogP contribution in [0.5, 0.6) is 0 Å². The number of rotatable bonds is 3. The van der Waals surface area contributed by atoms with E-state index in [0.29, 0.717) is 12.1 Å². The average molecular weight is 400 g/mol. The van der Waals surface area contributed by atoms with Crippen LogP contribution in [0, 0.1) is 5.82 Å². The van der Waals surface area contributed by atoms with Gasteiger partial charge in [0.25, 0.3) is 0 Å². The van der Waals surface area contributed by atoms with Crippen LogP contribution in [0.2, 0.25) is 0 Å². The van der Waals surface area contributed by atoms with Gasteiger partial charge in [-0.2, -0.15) is 0 Å². The van der Waals surface area contributed by atoms with Crippen LogP contribution < -0.4 is 10.0 Å². The molecule has 8 heteroatoms. The molecular weight excluding hydrogens is 383 g/mol. The topological polar surface area (TPSA) is 58.2 Å². The second-order valence-corrected chi connectivity index (χ2v) is 8.07. The molecule has 0 saturated carbocycles. The maximum absolute atomic E-state index is 13.2. The number of benzene rings is 1. The summed E-state index contributed by atoms with van der Waals surface area (Å²) in [5.74, 6) is -0.469. The third-order valence-electron chi connectivity index (χ3n) is 4.00.